The Balaban J connectivity index is 0.000000291. The minimum atomic E-state index is -1.22. The normalized spacial score (nSPS) is 10.6. The number of alkyl halides is 1. The van der Waals surface area contributed by atoms with Crippen molar-refractivity contribution in [2.24, 2.45) is 21.1 Å². The van der Waals surface area contributed by atoms with E-state index in [2.05, 4.69) is 29.7 Å². The highest BCUT2D eigenvalue weighted by Gasteiger charge is 2.33. The van der Waals surface area contributed by atoms with E-state index in [0.29, 0.717) is 68.5 Å². The van der Waals surface area contributed by atoms with Crippen LogP contribution in [0, 0.1) is 10.1 Å². The van der Waals surface area contributed by atoms with Gasteiger partial charge in [0.15, 0.2) is 40.1 Å². The third-order valence-corrected chi connectivity index (χ3v) is 20.0. The number of methoxy groups -OCH3 is 8. The minimum absolute atomic E-state index is 0.0131. The number of hydrogen-bond donors (Lipinski definition) is 6. The predicted molar refractivity (Wildman–Crippen MR) is 465 cm³/mol. The van der Waals surface area contributed by atoms with Gasteiger partial charge in [-0.25, -0.2) is 29.3 Å². The zero-order valence-corrected chi connectivity index (χ0v) is 75.8. The van der Waals surface area contributed by atoms with E-state index >= 15 is 0 Å². The Morgan fingerprint density at radius 2 is 0.720 bits per heavy atom. The molecule has 0 fully saturated rings. The molecule has 0 aliphatic rings. The van der Waals surface area contributed by atoms with Crippen molar-refractivity contribution in [2.45, 2.75) is 19.0 Å². The van der Waals surface area contributed by atoms with E-state index < -0.39 is 28.5 Å². The molecule has 0 aliphatic carbocycles. The molecule has 32 nitrogen and oxygen atoms in total. The van der Waals surface area contributed by atoms with Crippen LogP contribution in [0.2, 0.25) is 70.3 Å². The standard InChI is InChI=1S/C13H15Cl2N3O2.C12H13Cl2N3O2.C11H9Cl3N2O2.C9H10Cl2N2O2.C9H7Cl2NO5.C9H9Cl2NO3.C8H7Cl2NO3/c1-17(2)6-9-16-11-10(13(19)18(9)3)7(14)5-8(15)12(11)20-4;1-16(2)5-8-15-10-9(12(19)17(8)3)6(13)4-7(14)11(10)18;1-16-7(4-12)15-9-8(11(16)17)5(13)3-6(14)10(9)18-2;1-13-9(14)6-4(10)3-5(11)8(15-2)7(6)12;1-16-8-5(11)3-4(10)6(9(13)17-2)7(8)12(14)15;1-14-8-5(11)3-4(10)6(7(8)12)9(13)15-2;1-14-7-4(10)2-3(9)5(6(7)11)8(12)13/h5H,6H2,1-4H3;4,18H,5H2,1-3H3;3H,4H2,1-2H3;3H,12H2,1-2H3,(H,13,14);3H,1-2H3;3H,12H2,1-2H3;2H,11H2,1H3,(H,12,13). The van der Waals surface area contributed by atoms with E-state index in [0.717, 1.165) is 7.11 Å². The molecule has 0 saturated heterocycles. The molecule has 638 valence electrons. The second kappa shape index (κ2) is 45.2. The number of nitrogens with one attached hydrogen (secondary N) is 1. The second-order valence-electron chi connectivity index (χ2n) is 23.6. The van der Waals surface area contributed by atoms with Crippen molar-refractivity contribution in [3.05, 3.63) is 194 Å². The van der Waals surface area contributed by atoms with Crippen LogP contribution in [0.4, 0.5) is 22.7 Å². The van der Waals surface area contributed by atoms with E-state index in [1.54, 1.807) is 21.1 Å². The fourth-order valence-electron chi connectivity index (χ4n) is 10.1. The molecule has 9 N–H and O–H groups in total. The number of amides is 1. The summed E-state index contributed by atoms with van der Waals surface area (Å²) < 4.78 is 43.2. The molecular weight excluding hydrogens is 1870 g/mol. The Labute approximate surface area is 746 Å². The molecule has 1 amide bonds. The van der Waals surface area contributed by atoms with E-state index in [1.807, 2.05) is 38.0 Å². The zero-order chi connectivity index (χ0) is 90.0. The lowest BCUT2D eigenvalue weighted by Gasteiger charge is -2.15. The smallest absolute Gasteiger partial charge is 0.346 e. The quantitative estimate of drug-likeness (QED) is 0.0172. The molecule has 118 heavy (non-hydrogen) atoms. The maximum absolute atomic E-state index is 12.5. The summed E-state index contributed by atoms with van der Waals surface area (Å²) in [5.74, 6) is -0.696. The summed E-state index contributed by atoms with van der Waals surface area (Å²) in [6, 6.07) is 9.57. The Bertz CT molecular complexity index is 5650. The molecule has 10 aromatic rings. The average molecular weight is 1940 g/mol. The van der Waals surface area contributed by atoms with Gasteiger partial charge in [-0.3, -0.25) is 43.0 Å². The summed E-state index contributed by atoms with van der Waals surface area (Å²) >= 11 is 88.0. The molecule has 0 saturated carbocycles. The van der Waals surface area contributed by atoms with E-state index in [4.69, 9.17) is 225 Å². The number of rotatable bonds is 16. The first kappa shape index (κ1) is 102. The lowest BCUT2D eigenvalue weighted by atomic mass is 10.1. The van der Waals surface area contributed by atoms with E-state index in [1.165, 1.54) is 113 Å². The molecule has 0 unspecified atom stereocenters. The van der Waals surface area contributed by atoms with Crippen LogP contribution in [0.25, 0.3) is 32.7 Å². The van der Waals surface area contributed by atoms with Crippen molar-refractivity contribution in [3.63, 3.8) is 0 Å². The van der Waals surface area contributed by atoms with E-state index in [9.17, 15) is 48.8 Å². The van der Waals surface area contributed by atoms with Crippen LogP contribution < -0.4 is 67.6 Å². The van der Waals surface area contributed by atoms with Crippen LogP contribution in [-0.2, 0) is 49.6 Å². The summed E-state index contributed by atoms with van der Waals surface area (Å²) in [5.41, 5.74) is 16.1. The molecule has 10 rings (SSSR count). The number of aromatic nitrogens is 6. The molecule has 0 spiro atoms. The SMILES string of the molecule is CN(C)Cc1nc2c(O)c(Cl)cc(Cl)c2c(=O)n1C.CNC(=O)c1c(Cl)cc(Cl)c(OC)c1N.COC(=O)c1c(Cl)cc(Cl)c(OC)c1N.COC(=O)c1c(Cl)cc(Cl)c(OC)c1[N+](=O)[O-].COc1c(Cl)cc(Cl)c(C(=O)O)c1N.COc1c(Cl)cc(Cl)c2c(=O)n(C)c(CCl)nc12.COc1c(Cl)cc(Cl)c2c(=O)n(C)c(CN(C)C)nc12. The molecule has 3 heterocycles. The van der Waals surface area contributed by atoms with Crippen molar-refractivity contribution in [3.8, 4) is 40.2 Å². The zero-order valence-electron chi connectivity index (χ0n) is 64.4. The number of nitrogen functional groups attached to an aromatic ring is 3. The maximum atomic E-state index is 12.5. The number of phenolic OH excluding ortho intramolecular Hbond substituents is 1. The van der Waals surface area contributed by atoms with Crippen molar-refractivity contribution in [2.75, 3.05) is 109 Å². The highest BCUT2D eigenvalue weighted by Crippen LogP contribution is 2.45. The number of phenols is 1. The fraction of sp³-hybridized carbons (Fsp3) is 0.268. The van der Waals surface area contributed by atoms with Crippen LogP contribution in [0.1, 0.15) is 58.9 Å². The van der Waals surface area contributed by atoms with Gasteiger partial charge in [-0.05, 0) is 70.7 Å². The number of esters is 2. The second-order valence-corrected chi connectivity index (χ2v) is 29.6. The lowest BCUT2D eigenvalue weighted by Crippen LogP contribution is -2.26. The highest BCUT2D eigenvalue weighted by molar-refractivity contribution is 6.43. The number of carbonyl (C=O) groups excluding carboxylic acids is 3. The van der Waals surface area contributed by atoms with Gasteiger partial charge in [0, 0.05) is 28.2 Å². The minimum Gasteiger partial charge on any atom is -0.504 e. The Morgan fingerprint density at radius 1 is 0.441 bits per heavy atom. The van der Waals surface area contributed by atoms with Gasteiger partial charge >= 0.3 is 23.6 Å². The van der Waals surface area contributed by atoms with Gasteiger partial charge < -0.3 is 80.4 Å². The van der Waals surface area contributed by atoms with Crippen LogP contribution in [-0.4, -0.2) is 170 Å². The van der Waals surface area contributed by atoms with Crippen LogP contribution >= 0.6 is 174 Å². The molecular formula is C71H70Cl15N13O19. The predicted octanol–water partition coefficient (Wildman–Crippen LogP) is 16.6. The average Bonchev–Trinajstić information content (AvgIpc) is 0.771. The summed E-state index contributed by atoms with van der Waals surface area (Å²) in [6.07, 6.45) is 0. The number of ether oxygens (including phenoxy) is 8. The number of carbonyl (C=O) groups is 4. The van der Waals surface area contributed by atoms with Gasteiger partial charge in [-0.1, -0.05) is 162 Å². The third kappa shape index (κ3) is 23.6. The molecule has 47 heteroatoms. The summed E-state index contributed by atoms with van der Waals surface area (Å²) in [6.45, 7) is 0.986. The largest absolute Gasteiger partial charge is 0.504 e. The molecule has 0 aliphatic heterocycles. The number of anilines is 3. The number of nitrogens with two attached hydrogens (primary N) is 3. The first-order valence-electron chi connectivity index (χ1n) is 32.2. The number of aromatic carboxylic acids is 1. The van der Waals surface area contributed by atoms with Gasteiger partial charge in [0.25, 0.3) is 22.6 Å². The first-order chi connectivity index (χ1) is 55.2. The number of nitro groups is 1. The Kier molecular flexibility index (Phi) is 39.0. The lowest BCUT2D eigenvalue weighted by molar-refractivity contribution is -0.386. The molecule has 0 bridgehead atoms. The van der Waals surface area contributed by atoms with Gasteiger partial charge in [0.2, 0.25) is 5.75 Å². The van der Waals surface area contributed by atoms with Gasteiger partial charge in [0.1, 0.15) is 45.2 Å². The number of carboxylic acids is 1. The van der Waals surface area contributed by atoms with Crippen LogP contribution in [0.3, 0.4) is 0 Å². The molecule has 7 aromatic carbocycles. The van der Waals surface area contributed by atoms with Gasteiger partial charge in [-0.2, -0.15) is 0 Å². The number of nitrogens with zero attached hydrogens (tertiary/aromatic N) is 9. The third-order valence-electron chi connectivity index (χ3n) is 15.7. The Morgan fingerprint density at radius 3 is 1.06 bits per heavy atom. The summed E-state index contributed by atoms with van der Waals surface area (Å²) in [4.78, 5) is 109. The topological polar surface area (TPSA) is 427 Å². The van der Waals surface area contributed by atoms with Crippen molar-refractivity contribution < 1.29 is 72.2 Å². The van der Waals surface area contributed by atoms with Gasteiger partial charge in [0.05, 0.1) is 190 Å². The Hall–Kier alpha value is -8.49. The van der Waals surface area contributed by atoms with Crippen molar-refractivity contribution in [1.82, 2.24) is 43.8 Å². The van der Waals surface area contributed by atoms with Crippen molar-refractivity contribution >= 4 is 253 Å². The first-order valence-corrected chi connectivity index (χ1v) is 38.0. The highest BCUT2D eigenvalue weighted by atomic mass is 35.5. The van der Waals surface area contributed by atoms with Gasteiger partial charge in [-0.15, -0.1) is 11.6 Å². The number of nitro benzene ring substituents is 1. The molecule has 0 atom stereocenters. The summed E-state index contributed by atoms with van der Waals surface area (Å²) in [7, 11) is 24.5. The number of hydrogen-bond acceptors (Lipinski definition) is 26. The number of halogens is 15. The number of fused-ring (bicyclic) bond motifs is 3. The number of carboxylic acid groups (broad SMARTS) is 1. The fourth-order valence-corrected chi connectivity index (χ4v) is 14.7. The summed E-state index contributed by atoms with van der Waals surface area (Å²) in [5, 5.41) is 35.0. The van der Waals surface area contributed by atoms with E-state index in [-0.39, 0.29) is 173 Å². The molecule has 3 aromatic heterocycles. The van der Waals surface area contributed by atoms with Crippen LogP contribution in [0.5, 0.6) is 40.2 Å². The van der Waals surface area contributed by atoms with Crippen molar-refractivity contribution in [1.29, 1.82) is 0 Å². The molecule has 0 radical (unpaired) electrons. The number of aromatic hydroxyl groups is 1. The maximum Gasteiger partial charge on any atom is 0.346 e. The van der Waals surface area contributed by atoms with Crippen LogP contribution in [0.15, 0.2) is 56.8 Å². The number of benzene rings is 7. The monoisotopic (exact) mass is 1930 g/mol.